The highest BCUT2D eigenvalue weighted by Gasteiger charge is 2.35. The van der Waals surface area contributed by atoms with E-state index in [0.29, 0.717) is 0 Å². The van der Waals surface area contributed by atoms with Crippen LogP contribution in [0.2, 0.25) is 0 Å². The molecule has 0 spiro atoms. The maximum absolute atomic E-state index is 14.7. The second-order valence-electron chi connectivity index (χ2n) is 8.93. The Morgan fingerprint density at radius 3 is 2.69 bits per heavy atom. The normalized spacial score (nSPS) is 23.8. The third-order valence-corrected chi connectivity index (χ3v) is 8.47. The number of fused-ring (bicyclic) bond motifs is 6. The summed E-state index contributed by atoms with van der Waals surface area (Å²) in [5.41, 5.74) is 3.40. The zero-order valence-corrected chi connectivity index (χ0v) is 17.2. The molecule has 3 saturated carbocycles. The van der Waals surface area contributed by atoms with Gasteiger partial charge in [-0.2, -0.15) is 0 Å². The lowest BCUT2D eigenvalue weighted by Gasteiger charge is -2.42. The van der Waals surface area contributed by atoms with Crippen molar-refractivity contribution in [3.63, 3.8) is 0 Å². The highest BCUT2D eigenvalue weighted by atomic mass is 32.1. The van der Waals surface area contributed by atoms with Crippen LogP contribution in [0.25, 0.3) is 31.4 Å². The average Bonchev–Trinajstić information content (AvgIpc) is 3.15. The minimum absolute atomic E-state index is 0.143. The molecule has 0 radical (unpaired) electrons. The van der Waals surface area contributed by atoms with Gasteiger partial charge in [-0.1, -0.05) is 31.0 Å². The maximum atomic E-state index is 14.7. The maximum Gasteiger partial charge on any atom is 0.132 e. The molecule has 7 rings (SSSR count). The quantitative estimate of drug-likeness (QED) is 0.344. The van der Waals surface area contributed by atoms with Gasteiger partial charge in [-0.3, -0.25) is 4.98 Å². The summed E-state index contributed by atoms with van der Waals surface area (Å²) in [6.45, 7) is 0. The molecule has 3 heteroatoms. The molecular weight excluding hydrogens is 377 g/mol. The second kappa shape index (κ2) is 6.91. The molecule has 2 aromatic heterocycles. The van der Waals surface area contributed by atoms with Gasteiger partial charge in [0.2, 0.25) is 0 Å². The van der Waals surface area contributed by atoms with E-state index in [1.165, 1.54) is 37.7 Å². The molecule has 2 bridgehead atoms. The van der Waals surface area contributed by atoms with Gasteiger partial charge in [-0.05, 0) is 79.3 Å². The van der Waals surface area contributed by atoms with Crippen molar-refractivity contribution in [2.45, 2.75) is 38.5 Å². The van der Waals surface area contributed by atoms with Gasteiger partial charge in [0.25, 0.3) is 0 Å². The first-order valence-electron chi connectivity index (χ1n) is 10.8. The van der Waals surface area contributed by atoms with E-state index < -0.39 is 0 Å². The van der Waals surface area contributed by atoms with Crippen molar-refractivity contribution in [1.29, 1.82) is 0 Å². The molecule has 1 nitrogen and oxygen atoms in total. The van der Waals surface area contributed by atoms with Gasteiger partial charge in [-0.15, -0.1) is 11.3 Å². The standard InChI is InChI=1S/C26H24FNS/c27-22-10-9-20(26-25(22)21-3-1-2-4-24(21)29-26)23-15-17(11-12-28-23)14-19-13-16-5-7-18(19)8-6-16/h1-4,9-12,15-16,18-19H,5-8,13-14H2. The lowest BCUT2D eigenvalue weighted by atomic mass is 9.63. The average molecular weight is 402 g/mol. The predicted molar refractivity (Wildman–Crippen MR) is 120 cm³/mol. The molecule has 3 aliphatic carbocycles. The van der Waals surface area contributed by atoms with Gasteiger partial charge in [0.1, 0.15) is 5.82 Å². The first-order valence-corrected chi connectivity index (χ1v) is 11.6. The first kappa shape index (κ1) is 17.6. The summed E-state index contributed by atoms with van der Waals surface area (Å²) in [5, 5.41) is 1.74. The smallest absolute Gasteiger partial charge is 0.132 e. The Balaban J connectivity index is 1.41. The lowest BCUT2D eigenvalue weighted by molar-refractivity contribution is 0.0991. The number of thiophene rings is 1. The highest BCUT2D eigenvalue weighted by Crippen LogP contribution is 2.46. The SMILES string of the molecule is Fc1ccc(-c2cc(CC3CC4CCC3CC4)ccn2)c2sc3ccccc3c12. The van der Waals surface area contributed by atoms with Crippen molar-refractivity contribution in [3.05, 3.63) is 66.1 Å². The third-order valence-electron chi connectivity index (χ3n) is 7.27. The molecule has 0 aliphatic heterocycles. The minimum Gasteiger partial charge on any atom is -0.256 e. The Bertz CT molecular complexity index is 1200. The summed E-state index contributed by atoms with van der Waals surface area (Å²) in [6.07, 6.45) is 10.2. The molecule has 0 saturated heterocycles. The molecular formula is C26H24FNS. The fraction of sp³-hybridized carbons (Fsp3) is 0.346. The second-order valence-corrected chi connectivity index (χ2v) is 9.98. The lowest BCUT2D eigenvalue weighted by Crippen LogP contribution is -2.32. The van der Waals surface area contributed by atoms with E-state index in [1.807, 2.05) is 30.5 Å². The van der Waals surface area contributed by atoms with Gasteiger partial charge >= 0.3 is 0 Å². The zero-order chi connectivity index (χ0) is 19.4. The Kier molecular flexibility index (Phi) is 4.19. The van der Waals surface area contributed by atoms with E-state index in [-0.39, 0.29) is 5.82 Å². The number of pyridine rings is 1. The number of aromatic nitrogens is 1. The fourth-order valence-corrected chi connectivity index (χ4v) is 7.05. The van der Waals surface area contributed by atoms with Crippen LogP contribution in [-0.4, -0.2) is 4.98 Å². The Hall–Kier alpha value is -2.26. The van der Waals surface area contributed by atoms with Gasteiger partial charge in [-0.25, -0.2) is 4.39 Å². The van der Waals surface area contributed by atoms with E-state index in [2.05, 4.69) is 23.2 Å². The molecule has 2 aromatic carbocycles. The number of hydrogen-bond acceptors (Lipinski definition) is 2. The topological polar surface area (TPSA) is 12.9 Å². The van der Waals surface area contributed by atoms with Crippen LogP contribution >= 0.6 is 11.3 Å². The van der Waals surface area contributed by atoms with Crippen LogP contribution in [0.5, 0.6) is 0 Å². The summed E-state index contributed by atoms with van der Waals surface area (Å²) in [4.78, 5) is 4.68. The number of benzene rings is 2. The summed E-state index contributed by atoms with van der Waals surface area (Å²) >= 11 is 1.67. The molecule has 3 aliphatic rings. The summed E-state index contributed by atoms with van der Waals surface area (Å²) in [6, 6.07) is 16.0. The molecule has 1 unspecified atom stereocenters. The number of nitrogens with zero attached hydrogens (tertiary/aromatic N) is 1. The minimum atomic E-state index is -0.143. The van der Waals surface area contributed by atoms with Crippen LogP contribution in [0, 0.1) is 23.6 Å². The Morgan fingerprint density at radius 2 is 1.86 bits per heavy atom. The van der Waals surface area contributed by atoms with Crippen molar-refractivity contribution in [2.24, 2.45) is 17.8 Å². The molecule has 0 amide bonds. The van der Waals surface area contributed by atoms with Gasteiger partial charge in [0.05, 0.1) is 5.69 Å². The highest BCUT2D eigenvalue weighted by molar-refractivity contribution is 7.26. The van der Waals surface area contributed by atoms with Crippen molar-refractivity contribution in [2.75, 3.05) is 0 Å². The Labute approximate surface area is 174 Å². The number of halogens is 1. The van der Waals surface area contributed by atoms with Gasteiger partial charge in [0, 0.05) is 31.9 Å². The van der Waals surface area contributed by atoms with Crippen LogP contribution in [0.1, 0.15) is 37.7 Å². The van der Waals surface area contributed by atoms with Crippen LogP contribution in [-0.2, 0) is 6.42 Å². The van der Waals surface area contributed by atoms with E-state index in [1.54, 1.807) is 17.4 Å². The fourth-order valence-electron chi connectivity index (χ4n) is 5.81. The molecule has 146 valence electrons. The van der Waals surface area contributed by atoms with Crippen molar-refractivity contribution in [3.8, 4) is 11.3 Å². The van der Waals surface area contributed by atoms with E-state index in [9.17, 15) is 4.39 Å². The van der Waals surface area contributed by atoms with Gasteiger partial charge in [0.15, 0.2) is 0 Å². The molecule has 3 fully saturated rings. The van der Waals surface area contributed by atoms with Crippen molar-refractivity contribution >= 4 is 31.5 Å². The first-order chi connectivity index (χ1) is 14.3. The molecule has 1 atom stereocenters. The molecule has 29 heavy (non-hydrogen) atoms. The summed E-state index contributed by atoms with van der Waals surface area (Å²) in [7, 11) is 0. The molecule has 2 heterocycles. The van der Waals surface area contributed by atoms with Crippen LogP contribution in [0.4, 0.5) is 4.39 Å². The van der Waals surface area contributed by atoms with Crippen LogP contribution in [0.3, 0.4) is 0 Å². The van der Waals surface area contributed by atoms with E-state index >= 15 is 0 Å². The summed E-state index contributed by atoms with van der Waals surface area (Å²) < 4.78 is 16.8. The zero-order valence-electron chi connectivity index (χ0n) is 16.4. The summed E-state index contributed by atoms with van der Waals surface area (Å²) in [5.74, 6) is 2.56. The van der Waals surface area contributed by atoms with Crippen molar-refractivity contribution in [1.82, 2.24) is 4.98 Å². The van der Waals surface area contributed by atoms with Crippen molar-refractivity contribution < 1.29 is 4.39 Å². The number of hydrogen-bond donors (Lipinski definition) is 0. The molecule has 0 N–H and O–H groups in total. The van der Waals surface area contributed by atoms with E-state index in [0.717, 1.165) is 55.6 Å². The Morgan fingerprint density at radius 1 is 1.00 bits per heavy atom. The van der Waals surface area contributed by atoms with Gasteiger partial charge < -0.3 is 0 Å². The molecule has 4 aromatic rings. The van der Waals surface area contributed by atoms with Crippen LogP contribution < -0.4 is 0 Å². The van der Waals surface area contributed by atoms with Crippen LogP contribution in [0.15, 0.2) is 54.7 Å². The largest absolute Gasteiger partial charge is 0.256 e. The predicted octanol–water partition coefficient (Wildman–Crippen LogP) is 7.62. The third kappa shape index (κ3) is 2.98. The monoisotopic (exact) mass is 401 g/mol. The number of rotatable bonds is 3. The van der Waals surface area contributed by atoms with E-state index in [4.69, 9.17) is 0 Å².